The first kappa shape index (κ1) is 18.3. The highest BCUT2D eigenvalue weighted by Crippen LogP contribution is 2.15. The lowest BCUT2D eigenvalue weighted by atomic mass is 10.1. The van der Waals surface area contributed by atoms with E-state index in [1.54, 1.807) is 12.5 Å². The van der Waals surface area contributed by atoms with Gasteiger partial charge in [-0.3, -0.25) is 14.5 Å². The number of para-hydroxylation sites is 1. The Balaban J connectivity index is 1.31. The van der Waals surface area contributed by atoms with Gasteiger partial charge in [0, 0.05) is 50.0 Å². The van der Waals surface area contributed by atoms with Crippen LogP contribution in [0.2, 0.25) is 0 Å². The van der Waals surface area contributed by atoms with Gasteiger partial charge in [0.1, 0.15) is 0 Å². The first-order chi connectivity index (χ1) is 13.7. The number of furan rings is 1. The van der Waals surface area contributed by atoms with Crippen molar-refractivity contribution in [3.05, 3.63) is 60.7 Å². The second-order valence-electron chi connectivity index (χ2n) is 7.03. The fraction of sp³-hybridized carbons (Fsp3) is 0.333. The average Bonchev–Trinajstić information content (AvgIpc) is 3.35. The number of amides is 2. The molecule has 1 aliphatic heterocycles. The van der Waals surface area contributed by atoms with Crippen molar-refractivity contribution in [2.24, 2.45) is 0 Å². The third kappa shape index (κ3) is 4.09. The Labute approximate surface area is 163 Å². The number of nitrogens with zero attached hydrogens (tertiary/aromatic N) is 2. The summed E-state index contributed by atoms with van der Waals surface area (Å²) in [4.78, 5) is 26.8. The molecule has 7 nitrogen and oxygen atoms in total. The highest BCUT2D eigenvalue weighted by molar-refractivity contribution is 5.88. The minimum atomic E-state index is -0.462. The molecule has 1 fully saturated rings. The lowest BCUT2D eigenvalue weighted by Crippen LogP contribution is -2.56. The van der Waals surface area contributed by atoms with Crippen LogP contribution in [-0.2, 0) is 22.7 Å². The van der Waals surface area contributed by atoms with Gasteiger partial charge in [0.15, 0.2) is 0 Å². The Morgan fingerprint density at radius 2 is 2.14 bits per heavy atom. The third-order valence-electron chi connectivity index (χ3n) is 5.14. The van der Waals surface area contributed by atoms with E-state index >= 15 is 0 Å². The van der Waals surface area contributed by atoms with Crippen molar-refractivity contribution in [3.63, 3.8) is 0 Å². The maximum atomic E-state index is 12.5. The van der Waals surface area contributed by atoms with Crippen molar-refractivity contribution in [1.82, 2.24) is 20.1 Å². The molecular weight excluding hydrogens is 356 g/mol. The number of hydrogen-bond donors (Lipinski definition) is 2. The summed E-state index contributed by atoms with van der Waals surface area (Å²) in [6.45, 7) is 3.11. The number of nitrogens with one attached hydrogen (secondary N) is 2. The van der Waals surface area contributed by atoms with Gasteiger partial charge < -0.3 is 19.6 Å². The molecule has 28 heavy (non-hydrogen) atoms. The third-order valence-corrected chi connectivity index (χ3v) is 5.14. The monoisotopic (exact) mass is 380 g/mol. The van der Waals surface area contributed by atoms with Crippen LogP contribution in [0.3, 0.4) is 0 Å². The minimum absolute atomic E-state index is 0.0960. The number of piperazine rings is 1. The molecule has 7 heteroatoms. The molecule has 3 aromatic rings. The van der Waals surface area contributed by atoms with Crippen LogP contribution in [0.4, 0.5) is 0 Å². The zero-order chi connectivity index (χ0) is 19.3. The summed E-state index contributed by atoms with van der Waals surface area (Å²) in [6.07, 6.45) is 5.46. The molecule has 1 atom stereocenters. The Bertz CT molecular complexity index is 948. The minimum Gasteiger partial charge on any atom is -0.472 e. The van der Waals surface area contributed by atoms with E-state index in [4.69, 9.17) is 4.42 Å². The molecular formula is C21H24N4O3. The number of benzene rings is 1. The van der Waals surface area contributed by atoms with E-state index in [2.05, 4.69) is 33.4 Å². The molecule has 4 rings (SSSR count). The van der Waals surface area contributed by atoms with Crippen LogP contribution in [-0.4, -0.2) is 47.0 Å². The zero-order valence-electron chi connectivity index (χ0n) is 15.6. The van der Waals surface area contributed by atoms with Crippen LogP contribution in [0.1, 0.15) is 12.0 Å². The number of carbonyl (C=O) groups is 2. The maximum absolute atomic E-state index is 12.5. The van der Waals surface area contributed by atoms with E-state index in [1.165, 1.54) is 5.39 Å². The van der Waals surface area contributed by atoms with E-state index in [1.807, 2.05) is 29.3 Å². The van der Waals surface area contributed by atoms with Crippen LogP contribution in [0.5, 0.6) is 0 Å². The molecule has 0 spiro atoms. The van der Waals surface area contributed by atoms with E-state index in [9.17, 15) is 9.59 Å². The average molecular weight is 380 g/mol. The number of carbonyl (C=O) groups excluding carboxylic acids is 2. The van der Waals surface area contributed by atoms with Crippen LogP contribution < -0.4 is 10.6 Å². The highest BCUT2D eigenvalue weighted by atomic mass is 16.3. The summed E-state index contributed by atoms with van der Waals surface area (Å²) >= 11 is 0. The van der Waals surface area contributed by atoms with Crippen LogP contribution in [0, 0.1) is 0 Å². The highest BCUT2D eigenvalue weighted by Gasteiger charge is 2.31. The van der Waals surface area contributed by atoms with Crippen molar-refractivity contribution >= 4 is 22.7 Å². The number of fused-ring (bicyclic) bond motifs is 1. The summed E-state index contributed by atoms with van der Waals surface area (Å²) < 4.78 is 7.23. The van der Waals surface area contributed by atoms with Gasteiger partial charge in [-0.25, -0.2) is 0 Å². The van der Waals surface area contributed by atoms with Crippen molar-refractivity contribution in [2.75, 3.05) is 19.6 Å². The number of rotatable bonds is 7. The lowest BCUT2D eigenvalue weighted by Gasteiger charge is -2.34. The summed E-state index contributed by atoms with van der Waals surface area (Å²) in [7, 11) is 0. The molecule has 0 radical (unpaired) electrons. The van der Waals surface area contributed by atoms with Gasteiger partial charge in [-0.05, 0) is 23.6 Å². The van der Waals surface area contributed by atoms with E-state index in [0.29, 0.717) is 32.7 Å². The van der Waals surface area contributed by atoms with E-state index < -0.39 is 6.04 Å². The van der Waals surface area contributed by atoms with Crippen LogP contribution >= 0.6 is 0 Å². The predicted molar refractivity (Wildman–Crippen MR) is 105 cm³/mol. The van der Waals surface area contributed by atoms with Crippen molar-refractivity contribution in [1.29, 1.82) is 0 Å². The molecule has 1 aromatic carbocycles. The van der Waals surface area contributed by atoms with E-state index in [0.717, 1.165) is 11.1 Å². The second-order valence-corrected chi connectivity index (χ2v) is 7.03. The second kappa shape index (κ2) is 8.31. The molecule has 0 saturated carbocycles. The standard InChI is InChI=1S/C21H24N4O3/c26-20(22-7-10-24-9-5-17-3-1-2-4-18(17)24)13-19-21(27)23-8-11-25(19)14-16-6-12-28-15-16/h1-6,9,12,15,19H,7-8,10-11,13-14H2,(H,22,26)(H,23,27). The maximum Gasteiger partial charge on any atom is 0.237 e. The Morgan fingerprint density at radius 3 is 3.00 bits per heavy atom. The summed E-state index contributed by atoms with van der Waals surface area (Å²) in [5, 5.41) is 6.99. The molecule has 0 aliphatic carbocycles. The topological polar surface area (TPSA) is 79.5 Å². The predicted octanol–water partition coefficient (Wildman–Crippen LogP) is 1.74. The summed E-state index contributed by atoms with van der Waals surface area (Å²) in [6, 6.07) is 11.6. The molecule has 2 N–H and O–H groups in total. The molecule has 1 saturated heterocycles. The number of hydrogen-bond acceptors (Lipinski definition) is 4. The van der Waals surface area contributed by atoms with Crippen molar-refractivity contribution in [2.45, 2.75) is 25.6 Å². The van der Waals surface area contributed by atoms with Crippen LogP contribution in [0.25, 0.3) is 10.9 Å². The number of aromatic nitrogens is 1. The Morgan fingerprint density at radius 1 is 1.25 bits per heavy atom. The fourth-order valence-electron chi connectivity index (χ4n) is 3.69. The van der Waals surface area contributed by atoms with Gasteiger partial charge in [-0.1, -0.05) is 18.2 Å². The Hall–Kier alpha value is -3.06. The van der Waals surface area contributed by atoms with Gasteiger partial charge in [0.05, 0.1) is 25.0 Å². The van der Waals surface area contributed by atoms with Crippen LogP contribution in [0.15, 0.2) is 59.5 Å². The molecule has 0 bridgehead atoms. The molecule has 146 valence electrons. The normalized spacial score (nSPS) is 17.6. The first-order valence-electron chi connectivity index (χ1n) is 9.54. The quantitative estimate of drug-likeness (QED) is 0.654. The van der Waals surface area contributed by atoms with Gasteiger partial charge >= 0.3 is 0 Å². The lowest BCUT2D eigenvalue weighted by molar-refractivity contribution is -0.134. The molecule has 2 aromatic heterocycles. The van der Waals surface area contributed by atoms with Gasteiger partial charge in [0.2, 0.25) is 11.8 Å². The molecule has 3 heterocycles. The molecule has 2 amide bonds. The van der Waals surface area contributed by atoms with Gasteiger partial charge in [-0.2, -0.15) is 0 Å². The van der Waals surface area contributed by atoms with Crippen molar-refractivity contribution in [3.8, 4) is 0 Å². The molecule has 1 unspecified atom stereocenters. The molecule has 1 aliphatic rings. The largest absolute Gasteiger partial charge is 0.472 e. The SMILES string of the molecule is O=C(CC1C(=O)NCCN1Cc1ccoc1)NCCn1ccc2ccccc21. The van der Waals surface area contributed by atoms with E-state index in [-0.39, 0.29) is 18.2 Å². The first-order valence-corrected chi connectivity index (χ1v) is 9.54. The Kier molecular flexibility index (Phi) is 5.43. The smallest absolute Gasteiger partial charge is 0.237 e. The summed E-state index contributed by atoms with van der Waals surface area (Å²) in [5.41, 5.74) is 2.15. The fourth-order valence-corrected chi connectivity index (χ4v) is 3.69. The zero-order valence-corrected chi connectivity index (χ0v) is 15.6. The van der Waals surface area contributed by atoms with Gasteiger partial charge in [-0.15, -0.1) is 0 Å². The summed E-state index contributed by atoms with van der Waals surface area (Å²) in [5.74, 6) is -0.211. The van der Waals surface area contributed by atoms with Gasteiger partial charge in [0.25, 0.3) is 0 Å². The van der Waals surface area contributed by atoms with Crippen molar-refractivity contribution < 1.29 is 14.0 Å².